The molecular formula is C18H21ClN4O. The van der Waals surface area contributed by atoms with Crippen molar-refractivity contribution in [2.45, 2.75) is 44.7 Å². The van der Waals surface area contributed by atoms with Gasteiger partial charge in [-0.3, -0.25) is 4.79 Å². The molecule has 1 aliphatic carbocycles. The second-order valence-electron chi connectivity index (χ2n) is 6.08. The molecule has 2 aromatic rings. The Kier molecular flexibility index (Phi) is 5.64. The van der Waals surface area contributed by atoms with Crippen LogP contribution in [0.2, 0.25) is 5.02 Å². The van der Waals surface area contributed by atoms with Gasteiger partial charge in [0, 0.05) is 17.6 Å². The van der Waals surface area contributed by atoms with E-state index < -0.39 is 0 Å². The van der Waals surface area contributed by atoms with Crippen LogP contribution in [0.3, 0.4) is 0 Å². The third-order valence-corrected chi connectivity index (χ3v) is 4.46. The lowest BCUT2D eigenvalue weighted by Crippen LogP contribution is -2.25. The van der Waals surface area contributed by atoms with Crippen molar-refractivity contribution < 1.29 is 4.79 Å². The van der Waals surface area contributed by atoms with Crippen molar-refractivity contribution in [2.24, 2.45) is 0 Å². The first-order chi connectivity index (χ1) is 11.7. The highest BCUT2D eigenvalue weighted by atomic mass is 35.5. The van der Waals surface area contributed by atoms with Crippen molar-refractivity contribution in [1.82, 2.24) is 15.3 Å². The lowest BCUT2D eigenvalue weighted by Gasteiger charge is -2.23. The summed E-state index contributed by atoms with van der Waals surface area (Å²) in [4.78, 5) is 20.6. The monoisotopic (exact) mass is 344 g/mol. The standard InChI is InChI=1S/C18H21ClN4O/c19-14-8-6-13(7-9-14)10-22-18(24)16-11-21-17(12-20-16)23-15-4-2-1-3-5-15/h6-9,11-12,15H,1-5,10H2,(H,21,23)(H,22,24). The van der Waals surface area contributed by atoms with Gasteiger partial charge in [-0.1, -0.05) is 43.0 Å². The highest BCUT2D eigenvalue weighted by Crippen LogP contribution is 2.20. The molecule has 5 nitrogen and oxygen atoms in total. The molecule has 0 bridgehead atoms. The van der Waals surface area contributed by atoms with Gasteiger partial charge in [-0.15, -0.1) is 0 Å². The molecule has 1 aromatic carbocycles. The minimum Gasteiger partial charge on any atom is -0.366 e. The molecule has 2 N–H and O–H groups in total. The lowest BCUT2D eigenvalue weighted by molar-refractivity contribution is 0.0945. The van der Waals surface area contributed by atoms with Gasteiger partial charge >= 0.3 is 0 Å². The van der Waals surface area contributed by atoms with E-state index in [-0.39, 0.29) is 5.91 Å². The molecule has 6 heteroatoms. The Morgan fingerprint density at radius 2 is 1.83 bits per heavy atom. The van der Waals surface area contributed by atoms with Crippen molar-refractivity contribution >= 4 is 23.3 Å². The van der Waals surface area contributed by atoms with E-state index in [0.717, 1.165) is 11.4 Å². The number of benzene rings is 1. The van der Waals surface area contributed by atoms with Crippen LogP contribution in [0.25, 0.3) is 0 Å². The number of aromatic nitrogens is 2. The average Bonchev–Trinajstić information content (AvgIpc) is 2.62. The second kappa shape index (κ2) is 8.11. The number of amides is 1. The van der Waals surface area contributed by atoms with Crippen molar-refractivity contribution in [3.05, 3.63) is 52.9 Å². The molecule has 126 valence electrons. The molecule has 0 unspecified atom stereocenters. The Bertz CT molecular complexity index is 666. The van der Waals surface area contributed by atoms with E-state index in [1.807, 2.05) is 12.1 Å². The fourth-order valence-electron chi connectivity index (χ4n) is 2.85. The molecule has 1 aliphatic rings. The van der Waals surface area contributed by atoms with Crippen molar-refractivity contribution in [3.63, 3.8) is 0 Å². The van der Waals surface area contributed by atoms with Crippen LogP contribution in [0.1, 0.15) is 48.2 Å². The molecule has 1 saturated carbocycles. The third kappa shape index (κ3) is 4.68. The largest absolute Gasteiger partial charge is 0.366 e. The summed E-state index contributed by atoms with van der Waals surface area (Å²) in [7, 11) is 0. The van der Waals surface area contributed by atoms with E-state index in [4.69, 9.17) is 11.6 Å². The van der Waals surface area contributed by atoms with Crippen molar-refractivity contribution in [3.8, 4) is 0 Å². The van der Waals surface area contributed by atoms with E-state index in [1.165, 1.54) is 38.3 Å². The topological polar surface area (TPSA) is 66.9 Å². The number of rotatable bonds is 5. The number of carbonyl (C=O) groups excluding carboxylic acids is 1. The predicted molar refractivity (Wildman–Crippen MR) is 95.1 cm³/mol. The number of hydrogen-bond acceptors (Lipinski definition) is 4. The Balaban J connectivity index is 1.52. The third-order valence-electron chi connectivity index (χ3n) is 4.21. The zero-order valence-electron chi connectivity index (χ0n) is 13.5. The highest BCUT2D eigenvalue weighted by Gasteiger charge is 2.14. The van der Waals surface area contributed by atoms with Gasteiger partial charge in [-0.25, -0.2) is 9.97 Å². The first-order valence-electron chi connectivity index (χ1n) is 8.32. The predicted octanol–water partition coefficient (Wildman–Crippen LogP) is 3.80. The summed E-state index contributed by atoms with van der Waals surface area (Å²) in [6, 6.07) is 7.83. The van der Waals surface area contributed by atoms with E-state index in [0.29, 0.717) is 23.3 Å². The molecule has 0 spiro atoms. The maximum absolute atomic E-state index is 12.1. The summed E-state index contributed by atoms with van der Waals surface area (Å²) < 4.78 is 0. The number of anilines is 1. The highest BCUT2D eigenvalue weighted by molar-refractivity contribution is 6.30. The quantitative estimate of drug-likeness (QED) is 0.865. The molecular weight excluding hydrogens is 324 g/mol. The van der Waals surface area contributed by atoms with E-state index in [2.05, 4.69) is 20.6 Å². The molecule has 1 heterocycles. The van der Waals surface area contributed by atoms with Crippen LogP contribution in [0.15, 0.2) is 36.7 Å². The minimum atomic E-state index is -0.235. The average molecular weight is 345 g/mol. The first-order valence-corrected chi connectivity index (χ1v) is 8.70. The molecule has 0 atom stereocenters. The van der Waals surface area contributed by atoms with Crippen LogP contribution in [0.5, 0.6) is 0 Å². The molecule has 1 aromatic heterocycles. The molecule has 3 rings (SSSR count). The van der Waals surface area contributed by atoms with Crippen LogP contribution in [-0.4, -0.2) is 21.9 Å². The maximum atomic E-state index is 12.1. The molecule has 0 aliphatic heterocycles. The van der Waals surface area contributed by atoms with Gasteiger partial charge < -0.3 is 10.6 Å². The summed E-state index contributed by atoms with van der Waals surface area (Å²) in [5.74, 6) is 0.498. The van der Waals surface area contributed by atoms with E-state index >= 15 is 0 Å². The second-order valence-corrected chi connectivity index (χ2v) is 6.51. The normalized spacial score (nSPS) is 15.0. The summed E-state index contributed by atoms with van der Waals surface area (Å²) in [6.07, 6.45) is 9.33. The molecule has 0 radical (unpaired) electrons. The number of nitrogens with one attached hydrogen (secondary N) is 2. The maximum Gasteiger partial charge on any atom is 0.271 e. The van der Waals surface area contributed by atoms with Gasteiger partial charge in [0.1, 0.15) is 11.5 Å². The Labute approximate surface area is 146 Å². The summed E-state index contributed by atoms with van der Waals surface area (Å²) in [6.45, 7) is 0.430. The summed E-state index contributed by atoms with van der Waals surface area (Å²) in [5, 5.41) is 6.90. The number of hydrogen-bond donors (Lipinski definition) is 2. The SMILES string of the molecule is O=C(NCc1ccc(Cl)cc1)c1cnc(NC2CCCCC2)cn1. The smallest absolute Gasteiger partial charge is 0.271 e. The van der Waals surface area contributed by atoms with Crippen molar-refractivity contribution in [1.29, 1.82) is 0 Å². The van der Waals surface area contributed by atoms with Crippen LogP contribution in [0, 0.1) is 0 Å². The van der Waals surface area contributed by atoms with Crippen molar-refractivity contribution in [2.75, 3.05) is 5.32 Å². The van der Waals surface area contributed by atoms with Gasteiger partial charge in [0.15, 0.2) is 0 Å². The zero-order valence-corrected chi connectivity index (χ0v) is 14.2. The molecule has 0 saturated heterocycles. The van der Waals surface area contributed by atoms with Crippen LogP contribution in [0.4, 0.5) is 5.82 Å². The molecule has 1 fully saturated rings. The Morgan fingerprint density at radius 1 is 1.08 bits per heavy atom. The van der Waals surface area contributed by atoms with Gasteiger partial charge in [0.05, 0.1) is 12.4 Å². The zero-order chi connectivity index (χ0) is 16.8. The Morgan fingerprint density at radius 3 is 2.50 bits per heavy atom. The van der Waals surface area contributed by atoms with Gasteiger partial charge in [0.25, 0.3) is 5.91 Å². The summed E-state index contributed by atoms with van der Waals surface area (Å²) >= 11 is 5.84. The van der Waals surface area contributed by atoms with E-state index in [1.54, 1.807) is 18.3 Å². The first kappa shape index (κ1) is 16.7. The van der Waals surface area contributed by atoms with Crippen LogP contribution in [-0.2, 0) is 6.54 Å². The van der Waals surface area contributed by atoms with E-state index in [9.17, 15) is 4.79 Å². The van der Waals surface area contributed by atoms with Gasteiger partial charge in [-0.05, 0) is 30.5 Å². The van der Waals surface area contributed by atoms with Crippen LogP contribution >= 0.6 is 11.6 Å². The van der Waals surface area contributed by atoms with Gasteiger partial charge in [0.2, 0.25) is 0 Å². The number of nitrogens with zero attached hydrogens (tertiary/aromatic N) is 2. The number of halogens is 1. The minimum absolute atomic E-state index is 0.235. The molecule has 24 heavy (non-hydrogen) atoms. The van der Waals surface area contributed by atoms with Gasteiger partial charge in [-0.2, -0.15) is 0 Å². The lowest BCUT2D eigenvalue weighted by atomic mass is 9.96. The fourth-order valence-corrected chi connectivity index (χ4v) is 2.98. The number of carbonyl (C=O) groups is 1. The molecule has 1 amide bonds. The van der Waals surface area contributed by atoms with Crippen LogP contribution < -0.4 is 10.6 Å². The summed E-state index contributed by atoms with van der Waals surface area (Å²) in [5.41, 5.74) is 1.30. The fraction of sp³-hybridized carbons (Fsp3) is 0.389. The Hall–Kier alpha value is -2.14.